The molecule has 1 aromatic rings. The van der Waals surface area contributed by atoms with Crippen LogP contribution in [0.2, 0.25) is 5.02 Å². The van der Waals surface area contributed by atoms with Crippen molar-refractivity contribution >= 4 is 23.4 Å². The Morgan fingerprint density at radius 1 is 1.45 bits per heavy atom. The van der Waals surface area contributed by atoms with E-state index in [4.69, 9.17) is 11.6 Å². The van der Waals surface area contributed by atoms with E-state index in [-0.39, 0.29) is 10.8 Å². The lowest BCUT2D eigenvalue weighted by Crippen LogP contribution is -1.83. The van der Waals surface area contributed by atoms with Gasteiger partial charge in [-0.1, -0.05) is 11.6 Å². The number of halogens is 2. The fourth-order valence-corrected chi connectivity index (χ4v) is 1.67. The summed E-state index contributed by atoms with van der Waals surface area (Å²) in [4.78, 5) is 0.937. The van der Waals surface area contributed by atoms with Crippen molar-refractivity contribution < 1.29 is 4.39 Å². The Hall–Kier alpha value is -0.210. The van der Waals surface area contributed by atoms with Gasteiger partial charge in [0.15, 0.2) is 0 Å². The molecule has 60 valence electrons. The number of benzene rings is 1. The monoisotopic (exact) mass is 190 g/mol. The molecular weight excluding hydrogens is 183 g/mol. The Morgan fingerprint density at radius 2 is 2.09 bits per heavy atom. The Balaban J connectivity index is 3.21. The van der Waals surface area contributed by atoms with Gasteiger partial charge in [0.1, 0.15) is 5.82 Å². The average Bonchev–Trinajstić information content (AvgIpc) is 1.97. The van der Waals surface area contributed by atoms with Crippen LogP contribution in [0.5, 0.6) is 0 Å². The highest BCUT2D eigenvalue weighted by Crippen LogP contribution is 2.25. The summed E-state index contributed by atoms with van der Waals surface area (Å²) in [6, 6.07) is 3.10. The molecule has 0 fully saturated rings. The zero-order valence-corrected chi connectivity index (χ0v) is 7.89. The predicted molar refractivity (Wildman–Crippen MR) is 47.9 cm³/mol. The fourth-order valence-electron chi connectivity index (χ4n) is 0.848. The van der Waals surface area contributed by atoms with Gasteiger partial charge >= 0.3 is 0 Å². The van der Waals surface area contributed by atoms with E-state index in [0.717, 1.165) is 10.5 Å². The summed E-state index contributed by atoms with van der Waals surface area (Å²) >= 11 is 7.08. The number of rotatable bonds is 1. The normalized spacial score (nSPS) is 10.2. The number of hydrogen-bond acceptors (Lipinski definition) is 1. The standard InChI is InChI=1S/C8H8ClFS/c1-5-3-6(9)7(10)4-8(5)11-2/h3-4H,1-2H3. The van der Waals surface area contributed by atoms with Crippen LogP contribution < -0.4 is 0 Å². The first-order valence-electron chi connectivity index (χ1n) is 3.15. The van der Waals surface area contributed by atoms with Gasteiger partial charge in [-0.3, -0.25) is 0 Å². The number of thioether (sulfide) groups is 1. The molecule has 0 saturated heterocycles. The Kier molecular flexibility index (Phi) is 2.79. The molecule has 1 rings (SSSR count). The summed E-state index contributed by atoms with van der Waals surface area (Å²) in [7, 11) is 0. The maximum absolute atomic E-state index is 12.8. The van der Waals surface area contributed by atoms with Crippen molar-refractivity contribution in [3.8, 4) is 0 Å². The maximum Gasteiger partial charge on any atom is 0.142 e. The molecule has 0 saturated carbocycles. The lowest BCUT2D eigenvalue weighted by atomic mass is 10.2. The van der Waals surface area contributed by atoms with Crippen LogP contribution in [0.15, 0.2) is 17.0 Å². The van der Waals surface area contributed by atoms with E-state index in [1.807, 2.05) is 13.2 Å². The molecule has 3 heteroatoms. The molecule has 0 bridgehead atoms. The number of aryl methyl sites for hydroxylation is 1. The average molecular weight is 191 g/mol. The molecule has 0 spiro atoms. The molecule has 0 N–H and O–H groups in total. The van der Waals surface area contributed by atoms with Crippen LogP contribution in [0.25, 0.3) is 0 Å². The molecule has 0 aromatic heterocycles. The molecule has 0 aliphatic carbocycles. The van der Waals surface area contributed by atoms with Crippen LogP contribution in [0.3, 0.4) is 0 Å². The van der Waals surface area contributed by atoms with E-state index in [0.29, 0.717) is 0 Å². The Morgan fingerprint density at radius 3 is 2.64 bits per heavy atom. The summed E-state index contributed by atoms with van der Waals surface area (Å²) in [5.41, 5.74) is 1.02. The Bertz CT molecular complexity index is 273. The van der Waals surface area contributed by atoms with E-state index >= 15 is 0 Å². The number of hydrogen-bond donors (Lipinski definition) is 0. The zero-order chi connectivity index (χ0) is 8.43. The second-order valence-electron chi connectivity index (χ2n) is 2.24. The Labute approximate surface area is 74.8 Å². The second-order valence-corrected chi connectivity index (χ2v) is 3.49. The second kappa shape index (κ2) is 3.46. The topological polar surface area (TPSA) is 0 Å². The van der Waals surface area contributed by atoms with E-state index in [1.165, 1.54) is 17.8 Å². The first-order valence-corrected chi connectivity index (χ1v) is 4.75. The lowest BCUT2D eigenvalue weighted by Gasteiger charge is -2.02. The largest absolute Gasteiger partial charge is 0.205 e. The minimum absolute atomic E-state index is 0.195. The minimum atomic E-state index is -0.346. The molecule has 0 heterocycles. The van der Waals surface area contributed by atoms with Crippen LogP contribution in [0.4, 0.5) is 4.39 Å². The van der Waals surface area contributed by atoms with Gasteiger partial charge in [0.05, 0.1) is 5.02 Å². The molecule has 1 aromatic carbocycles. The molecule has 0 aliphatic heterocycles. The summed E-state index contributed by atoms with van der Waals surface area (Å²) in [6.07, 6.45) is 1.91. The van der Waals surface area contributed by atoms with Crippen molar-refractivity contribution in [1.29, 1.82) is 0 Å². The van der Waals surface area contributed by atoms with Crippen molar-refractivity contribution in [3.63, 3.8) is 0 Å². The van der Waals surface area contributed by atoms with Gasteiger partial charge in [0.25, 0.3) is 0 Å². The van der Waals surface area contributed by atoms with Gasteiger partial charge in [0.2, 0.25) is 0 Å². The zero-order valence-electron chi connectivity index (χ0n) is 6.32. The quantitative estimate of drug-likeness (QED) is 0.611. The van der Waals surface area contributed by atoms with Gasteiger partial charge in [-0.2, -0.15) is 0 Å². The highest BCUT2D eigenvalue weighted by Gasteiger charge is 2.03. The van der Waals surface area contributed by atoms with Crippen molar-refractivity contribution in [1.82, 2.24) is 0 Å². The van der Waals surface area contributed by atoms with Crippen molar-refractivity contribution in [2.75, 3.05) is 6.26 Å². The molecular formula is C8H8ClFS. The maximum atomic E-state index is 12.8. The summed E-state index contributed by atoms with van der Waals surface area (Å²) < 4.78 is 12.8. The van der Waals surface area contributed by atoms with Crippen LogP contribution in [0.1, 0.15) is 5.56 Å². The van der Waals surface area contributed by atoms with Gasteiger partial charge in [-0.15, -0.1) is 11.8 Å². The third-order valence-electron chi connectivity index (χ3n) is 1.44. The van der Waals surface area contributed by atoms with E-state index in [2.05, 4.69) is 0 Å². The van der Waals surface area contributed by atoms with Gasteiger partial charge in [-0.25, -0.2) is 4.39 Å². The van der Waals surface area contributed by atoms with Crippen molar-refractivity contribution in [2.45, 2.75) is 11.8 Å². The van der Waals surface area contributed by atoms with E-state index < -0.39 is 0 Å². The van der Waals surface area contributed by atoms with Crippen molar-refractivity contribution in [3.05, 3.63) is 28.5 Å². The molecule has 0 unspecified atom stereocenters. The minimum Gasteiger partial charge on any atom is -0.205 e. The van der Waals surface area contributed by atoms with Crippen LogP contribution in [-0.2, 0) is 0 Å². The lowest BCUT2D eigenvalue weighted by molar-refractivity contribution is 0.624. The summed E-state index contributed by atoms with van der Waals surface area (Å²) in [6.45, 7) is 1.91. The van der Waals surface area contributed by atoms with Crippen LogP contribution in [0, 0.1) is 12.7 Å². The fraction of sp³-hybridized carbons (Fsp3) is 0.250. The van der Waals surface area contributed by atoms with Gasteiger partial charge in [-0.05, 0) is 30.9 Å². The first-order chi connectivity index (χ1) is 5.15. The predicted octanol–water partition coefficient (Wildman–Crippen LogP) is 3.51. The van der Waals surface area contributed by atoms with E-state index in [1.54, 1.807) is 6.07 Å². The van der Waals surface area contributed by atoms with Gasteiger partial charge in [0, 0.05) is 4.90 Å². The molecule has 0 amide bonds. The molecule has 0 nitrogen and oxygen atoms in total. The van der Waals surface area contributed by atoms with Gasteiger partial charge < -0.3 is 0 Å². The highest BCUT2D eigenvalue weighted by atomic mass is 35.5. The SMILES string of the molecule is CSc1cc(F)c(Cl)cc1C. The highest BCUT2D eigenvalue weighted by molar-refractivity contribution is 7.98. The summed E-state index contributed by atoms with van der Waals surface area (Å²) in [5.74, 6) is -0.346. The van der Waals surface area contributed by atoms with E-state index in [9.17, 15) is 4.39 Å². The third-order valence-corrected chi connectivity index (χ3v) is 2.61. The molecule has 0 radical (unpaired) electrons. The molecule has 0 aliphatic rings. The molecule has 0 atom stereocenters. The molecule has 11 heavy (non-hydrogen) atoms. The van der Waals surface area contributed by atoms with Crippen molar-refractivity contribution in [2.24, 2.45) is 0 Å². The smallest absolute Gasteiger partial charge is 0.142 e. The van der Waals surface area contributed by atoms with Crippen LogP contribution in [-0.4, -0.2) is 6.26 Å². The summed E-state index contributed by atoms with van der Waals surface area (Å²) in [5, 5.41) is 0.195. The third kappa shape index (κ3) is 1.88. The first kappa shape index (κ1) is 8.88. The van der Waals surface area contributed by atoms with Crippen LogP contribution >= 0.6 is 23.4 Å².